The number of rotatable bonds is 7. The Bertz CT molecular complexity index is 1210. The second-order valence-electron chi connectivity index (χ2n) is 8.10. The van der Waals surface area contributed by atoms with E-state index in [9.17, 15) is 13.2 Å². The summed E-state index contributed by atoms with van der Waals surface area (Å²) in [5, 5.41) is 5.35. The first kappa shape index (κ1) is 26.3. The van der Waals surface area contributed by atoms with Crippen LogP contribution < -0.4 is 11.1 Å². The number of ether oxygens (including phenoxy) is 2. The van der Waals surface area contributed by atoms with Crippen molar-refractivity contribution in [3.05, 3.63) is 74.2 Å². The standard InChI is InChI=1S/C23H22ClF4N5O2S/c1-12-34-10-23(28,11-35-12)7-17-18(13(8-29)9-31-22(26)27)19(15-3-2-14(25)6-16(15)24)33-20(32-17)21-30-4-5-36-21/h2-6,8-9,12,19,22H,7,10-11,29H2,1H3,(H,32,33)/t12?,19-,23?/m0/s1. The van der Waals surface area contributed by atoms with Crippen molar-refractivity contribution in [2.24, 2.45) is 15.7 Å². The Labute approximate surface area is 213 Å². The molecule has 0 spiro atoms. The monoisotopic (exact) mass is 543 g/mol. The van der Waals surface area contributed by atoms with Crippen LogP contribution in [0.5, 0.6) is 0 Å². The number of allylic oxidation sites excluding steroid dienone is 1. The molecule has 3 heterocycles. The summed E-state index contributed by atoms with van der Waals surface area (Å²) in [5.74, 6) is -0.277. The Morgan fingerprint density at radius 2 is 2.14 bits per heavy atom. The molecule has 1 atom stereocenters. The first-order valence-electron chi connectivity index (χ1n) is 10.8. The van der Waals surface area contributed by atoms with Crippen molar-refractivity contribution >= 4 is 35.0 Å². The zero-order chi connectivity index (χ0) is 25.9. The van der Waals surface area contributed by atoms with Gasteiger partial charge in [-0.15, -0.1) is 11.3 Å². The number of hydrogen-bond donors (Lipinski definition) is 2. The van der Waals surface area contributed by atoms with Crippen LogP contribution in [0, 0.1) is 5.82 Å². The van der Waals surface area contributed by atoms with Gasteiger partial charge in [-0.25, -0.2) is 18.8 Å². The molecule has 192 valence electrons. The van der Waals surface area contributed by atoms with Gasteiger partial charge in [0, 0.05) is 52.3 Å². The minimum atomic E-state index is -3.00. The minimum Gasteiger partial charge on any atom is -0.404 e. The smallest absolute Gasteiger partial charge is 0.331 e. The van der Waals surface area contributed by atoms with E-state index in [0.29, 0.717) is 16.4 Å². The molecule has 0 unspecified atom stereocenters. The third kappa shape index (κ3) is 5.94. The predicted molar refractivity (Wildman–Crippen MR) is 130 cm³/mol. The topological polar surface area (TPSA) is 94.1 Å². The van der Waals surface area contributed by atoms with E-state index in [0.717, 1.165) is 18.5 Å². The lowest BCUT2D eigenvalue weighted by Crippen LogP contribution is -2.45. The molecule has 1 aromatic heterocycles. The lowest BCUT2D eigenvalue weighted by molar-refractivity contribution is -0.224. The van der Waals surface area contributed by atoms with Gasteiger partial charge in [-0.3, -0.25) is 4.99 Å². The lowest BCUT2D eigenvalue weighted by Gasteiger charge is -2.36. The number of aliphatic imine (C=N–C) groups is 2. The number of nitrogens with zero attached hydrogens (tertiary/aromatic N) is 3. The van der Waals surface area contributed by atoms with E-state index in [1.165, 1.54) is 23.5 Å². The van der Waals surface area contributed by atoms with Crippen molar-refractivity contribution in [1.82, 2.24) is 10.3 Å². The normalized spacial score (nSPS) is 25.4. The van der Waals surface area contributed by atoms with Crippen LogP contribution in [0.2, 0.25) is 5.02 Å². The van der Waals surface area contributed by atoms with Crippen molar-refractivity contribution in [3.63, 3.8) is 0 Å². The third-order valence-corrected chi connectivity index (χ3v) is 6.59. The van der Waals surface area contributed by atoms with E-state index < -0.39 is 30.4 Å². The number of benzene rings is 1. The predicted octanol–water partition coefficient (Wildman–Crippen LogP) is 4.91. The van der Waals surface area contributed by atoms with Gasteiger partial charge in [-0.05, 0) is 24.6 Å². The lowest BCUT2D eigenvalue weighted by atomic mass is 9.87. The molecule has 1 fully saturated rings. The molecule has 36 heavy (non-hydrogen) atoms. The second kappa shape index (κ2) is 11.1. The van der Waals surface area contributed by atoms with Gasteiger partial charge in [0.25, 0.3) is 0 Å². The first-order valence-corrected chi connectivity index (χ1v) is 12.0. The van der Waals surface area contributed by atoms with Gasteiger partial charge in [0.05, 0.1) is 13.2 Å². The second-order valence-corrected chi connectivity index (χ2v) is 9.40. The van der Waals surface area contributed by atoms with Crippen molar-refractivity contribution in [2.45, 2.75) is 37.9 Å². The van der Waals surface area contributed by atoms with Crippen LogP contribution in [0.4, 0.5) is 17.6 Å². The highest BCUT2D eigenvalue weighted by Crippen LogP contribution is 2.41. The van der Waals surface area contributed by atoms with Crippen LogP contribution in [0.15, 0.2) is 62.8 Å². The summed E-state index contributed by atoms with van der Waals surface area (Å²) in [7, 11) is 0. The number of nitrogens with two attached hydrogens (primary N) is 1. The van der Waals surface area contributed by atoms with E-state index in [2.05, 4.69) is 15.3 Å². The van der Waals surface area contributed by atoms with Crippen molar-refractivity contribution in [1.29, 1.82) is 0 Å². The molecule has 4 rings (SSSR count). The molecule has 2 aromatic rings. The summed E-state index contributed by atoms with van der Waals surface area (Å²) in [6, 6.07) is 2.75. The Hall–Kier alpha value is -2.80. The maximum Gasteiger partial charge on any atom is 0.331 e. The van der Waals surface area contributed by atoms with E-state index in [1.54, 1.807) is 18.5 Å². The van der Waals surface area contributed by atoms with Crippen molar-refractivity contribution < 1.29 is 27.0 Å². The Balaban J connectivity index is 1.89. The SMILES string of the molecule is CC1OCC(F)(CC2=C(C(C=NC(F)F)=CN)[C@H](c3ccc(F)cc3Cl)N=C(c3nccs3)N2)CO1. The Morgan fingerprint density at radius 3 is 2.75 bits per heavy atom. The Morgan fingerprint density at radius 1 is 1.39 bits per heavy atom. The quantitative estimate of drug-likeness (QED) is 0.294. The van der Waals surface area contributed by atoms with Gasteiger partial charge < -0.3 is 20.5 Å². The van der Waals surface area contributed by atoms with E-state index in [-0.39, 0.29) is 41.5 Å². The molecule has 2 aliphatic rings. The fourth-order valence-electron chi connectivity index (χ4n) is 3.85. The molecule has 1 aromatic carbocycles. The zero-order valence-corrected chi connectivity index (χ0v) is 20.5. The molecule has 2 aliphatic heterocycles. The molecule has 0 radical (unpaired) electrons. The number of nitrogens with one attached hydrogen (secondary N) is 1. The summed E-state index contributed by atoms with van der Waals surface area (Å²) < 4.78 is 66.3. The highest BCUT2D eigenvalue weighted by molar-refractivity contribution is 7.11. The summed E-state index contributed by atoms with van der Waals surface area (Å²) >= 11 is 7.66. The van der Waals surface area contributed by atoms with Gasteiger partial charge in [0.1, 0.15) is 11.9 Å². The minimum absolute atomic E-state index is 0.0382. The maximum absolute atomic E-state index is 15.9. The van der Waals surface area contributed by atoms with Crippen molar-refractivity contribution in [2.75, 3.05) is 13.2 Å². The average molecular weight is 544 g/mol. The van der Waals surface area contributed by atoms with Crippen LogP contribution in [0.25, 0.3) is 0 Å². The molecule has 1 saturated heterocycles. The van der Waals surface area contributed by atoms with E-state index >= 15 is 4.39 Å². The number of hydrogen-bond acceptors (Lipinski definition) is 8. The van der Waals surface area contributed by atoms with Gasteiger partial charge in [-0.2, -0.15) is 8.78 Å². The molecule has 3 N–H and O–H groups in total. The largest absolute Gasteiger partial charge is 0.404 e. The molecule has 0 amide bonds. The summed E-state index contributed by atoms with van der Waals surface area (Å²) in [6.45, 7) is -1.87. The van der Waals surface area contributed by atoms with Gasteiger partial charge in [0.15, 0.2) is 22.8 Å². The average Bonchev–Trinajstić information content (AvgIpc) is 3.37. The molecular formula is C23H22ClF4N5O2S. The molecule has 0 aliphatic carbocycles. The number of alkyl halides is 3. The molecule has 7 nitrogen and oxygen atoms in total. The summed E-state index contributed by atoms with van der Waals surface area (Å²) in [6.07, 6.45) is 2.69. The van der Waals surface area contributed by atoms with Crippen molar-refractivity contribution in [3.8, 4) is 0 Å². The Kier molecular flexibility index (Phi) is 8.08. The summed E-state index contributed by atoms with van der Waals surface area (Å²) in [5.41, 5.74) is 4.77. The highest BCUT2D eigenvalue weighted by Gasteiger charge is 2.40. The van der Waals surface area contributed by atoms with Gasteiger partial charge >= 0.3 is 6.55 Å². The third-order valence-electron chi connectivity index (χ3n) is 5.48. The van der Waals surface area contributed by atoms with Crippen LogP contribution in [0.1, 0.15) is 30.0 Å². The van der Waals surface area contributed by atoms with E-state index in [1.807, 2.05) is 0 Å². The number of halogens is 5. The van der Waals surface area contributed by atoms with Gasteiger partial charge in [0.2, 0.25) is 0 Å². The molecule has 0 saturated carbocycles. The molecule has 13 heteroatoms. The maximum atomic E-state index is 15.9. The van der Waals surface area contributed by atoms with Crippen LogP contribution >= 0.6 is 22.9 Å². The number of thiazole rings is 1. The zero-order valence-electron chi connectivity index (χ0n) is 18.9. The molecule has 0 bridgehead atoms. The van der Waals surface area contributed by atoms with Crippen LogP contribution in [0.3, 0.4) is 0 Å². The van der Waals surface area contributed by atoms with E-state index in [4.69, 9.17) is 31.8 Å². The fourth-order valence-corrected chi connectivity index (χ4v) is 4.71. The van der Waals surface area contributed by atoms with Crippen LogP contribution in [-0.4, -0.2) is 48.8 Å². The van der Waals surface area contributed by atoms with Crippen LogP contribution in [-0.2, 0) is 9.47 Å². The summed E-state index contributed by atoms with van der Waals surface area (Å²) in [4.78, 5) is 12.1. The first-order chi connectivity index (χ1) is 17.2. The number of amidine groups is 1. The number of aromatic nitrogens is 1. The molecular weight excluding hydrogens is 522 g/mol. The van der Waals surface area contributed by atoms with Gasteiger partial charge in [-0.1, -0.05) is 17.7 Å². The fraction of sp³-hybridized carbons (Fsp3) is 0.348. The highest BCUT2D eigenvalue weighted by atomic mass is 35.5.